The molecule has 0 radical (unpaired) electrons. The lowest BCUT2D eigenvalue weighted by atomic mass is 10.00. The monoisotopic (exact) mass is 774 g/mol. The highest BCUT2D eigenvalue weighted by atomic mass is 16.3. The maximum Gasteiger partial charge on any atom is 0.249 e. The summed E-state index contributed by atoms with van der Waals surface area (Å²) in [6.07, 6.45) is 52.9. The molecule has 0 aromatic heterocycles. The Morgan fingerprint density at radius 2 is 0.818 bits per heavy atom. The Morgan fingerprint density at radius 3 is 1.25 bits per heavy atom. The van der Waals surface area contributed by atoms with E-state index in [-0.39, 0.29) is 0 Å². The molecule has 0 fully saturated rings. The number of carbonyl (C=O) groups excluding carboxylic acids is 1. The maximum absolute atomic E-state index is 12.5. The van der Waals surface area contributed by atoms with Crippen molar-refractivity contribution in [1.82, 2.24) is 5.32 Å². The first-order chi connectivity index (χ1) is 27.0. The van der Waals surface area contributed by atoms with Crippen LogP contribution in [0.2, 0.25) is 0 Å². The van der Waals surface area contributed by atoms with Crippen molar-refractivity contribution in [3.8, 4) is 0 Å². The molecule has 0 heterocycles. The summed E-state index contributed by atoms with van der Waals surface area (Å²) in [5.41, 5.74) is 0. The van der Waals surface area contributed by atoms with Crippen molar-refractivity contribution in [3.05, 3.63) is 48.6 Å². The number of carbonyl (C=O) groups is 1. The van der Waals surface area contributed by atoms with Gasteiger partial charge in [0.25, 0.3) is 0 Å². The summed E-state index contributed by atoms with van der Waals surface area (Å²) in [7, 11) is 0. The second-order valence-corrected chi connectivity index (χ2v) is 16.1. The third-order valence-electron chi connectivity index (χ3n) is 10.7. The van der Waals surface area contributed by atoms with Crippen LogP contribution in [0.15, 0.2) is 48.6 Å². The molecule has 5 N–H and O–H groups in total. The van der Waals surface area contributed by atoms with E-state index in [0.29, 0.717) is 19.3 Å². The molecule has 322 valence electrons. The van der Waals surface area contributed by atoms with Crippen LogP contribution in [-0.4, -0.2) is 57.3 Å². The molecule has 0 saturated heterocycles. The fourth-order valence-corrected chi connectivity index (χ4v) is 6.98. The molecule has 1 amide bonds. The number of amides is 1. The summed E-state index contributed by atoms with van der Waals surface area (Å²) >= 11 is 0. The quantitative estimate of drug-likeness (QED) is 0.0313. The molecule has 0 bridgehead atoms. The van der Waals surface area contributed by atoms with E-state index in [2.05, 4.69) is 67.8 Å². The summed E-state index contributed by atoms with van der Waals surface area (Å²) < 4.78 is 0. The average Bonchev–Trinajstić information content (AvgIpc) is 3.19. The number of hydrogen-bond donors (Lipinski definition) is 5. The Morgan fingerprint density at radius 1 is 0.455 bits per heavy atom. The first-order valence-electron chi connectivity index (χ1n) is 23.5. The van der Waals surface area contributed by atoms with Crippen LogP contribution < -0.4 is 5.32 Å². The first kappa shape index (κ1) is 53.3. The van der Waals surface area contributed by atoms with Gasteiger partial charge in [-0.15, -0.1) is 0 Å². The van der Waals surface area contributed by atoms with Crippen LogP contribution in [0, 0.1) is 0 Å². The van der Waals surface area contributed by atoms with E-state index in [9.17, 15) is 25.2 Å². The van der Waals surface area contributed by atoms with Gasteiger partial charge in [-0.25, -0.2) is 0 Å². The number of aliphatic hydroxyl groups is 4. The zero-order valence-corrected chi connectivity index (χ0v) is 36.2. The summed E-state index contributed by atoms with van der Waals surface area (Å²) in [6.45, 7) is 4.02. The summed E-state index contributed by atoms with van der Waals surface area (Å²) in [5.74, 6) is -0.603. The number of rotatable bonds is 42. The molecule has 0 aromatic carbocycles. The SMILES string of the molecule is CCCCCCCC/C=C/CC/C=C/CCCC(O)C(O)C(CO)NC(=O)C(O)CCCCCCCCCC/C=C\C/C=C\CCCCCCCCCCC. The van der Waals surface area contributed by atoms with Gasteiger partial charge in [-0.3, -0.25) is 4.79 Å². The molecular formula is C49H91NO5. The number of unbranched alkanes of at least 4 members (excludes halogenated alkanes) is 25. The standard InChI is InChI=1S/C49H91NO5/c1-3-5-7-9-11-13-15-17-19-20-21-22-23-24-25-26-27-29-31-33-35-37-39-41-43-47(53)49(55)50-45(44-51)48(54)46(52)42-40-38-36-34-32-30-28-18-16-14-12-10-8-6-4-2/h18,21-22,24-25,28,34,36,45-48,51-54H,3-17,19-20,23,26-27,29-33,35,37-44H2,1-2H3,(H,50,55)/b22-21-,25-24-,28-18+,36-34+. The fraction of sp³-hybridized carbons (Fsp3) is 0.816. The van der Waals surface area contributed by atoms with Gasteiger partial charge in [0.15, 0.2) is 0 Å². The Hall–Kier alpha value is -1.73. The van der Waals surface area contributed by atoms with E-state index >= 15 is 0 Å². The van der Waals surface area contributed by atoms with Crippen molar-refractivity contribution in [1.29, 1.82) is 0 Å². The number of nitrogens with one attached hydrogen (secondary N) is 1. The van der Waals surface area contributed by atoms with Gasteiger partial charge >= 0.3 is 0 Å². The molecule has 0 aliphatic heterocycles. The summed E-state index contributed by atoms with van der Waals surface area (Å²) in [5, 5.41) is 43.7. The highest BCUT2D eigenvalue weighted by Gasteiger charge is 2.28. The highest BCUT2D eigenvalue weighted by Crippen LogP contribution is 2.15. The van der Waals surface area contributed by atoms with Crippen LogP contribution in [0.3, 0.4) is 0 Å². The number of hydrogen-bond acceptors (Lipinski definition) is 5. The van der Waals surface area contributed by atoms with Gasteiger partial charge in [-0.2, -0.15) is 0 Å². The van der Waals surface area contributed by atoms with Crippen molar-refractivity contribution >= 4 is 5.91 Å². The predicted octanol–water partition coefficient (Wildman–Crippen LogP) is 12.7. The van der Waals surface area contributed by atoms with Crippen LogP contribution in [0.4, 0.5) is 0 Å². The molecule has 0 aromatic rings. The lowest BCUT2D eigenvalue weighted by Crippen LogP contribution is -2.53. The van der Waals surface area contributed by atoms with Crippen molar-refractivity contribution in [3.63, 3.8) is 0 Å². The van der Waals surface area contributed by atoms with Crippen molar-refractivity contribution in [2.45, 2.75) is 250 Å². The fourth-order valence-electron chi connectivity index (χ4n) is 6.98. The summed E-state index contributed by atoms with van der Waals surface area (Å²) in [6, 6.07) is -1.01. The molecule has 4 unspecified atom stereocenters. The van der Waals surface area contributed by atoms with E-state index in [1.807, 2.05) is 0 Å². The largest absolute Gasteiger partial charge is 0.394 e. The smallest absolute Gasteiger partial charge is 0.249 e. The minimum absolute atomic E-state index is 0.352. The third-order valence-corrected chi connectivity index (χ3v) is 10.7. The maximum atomic E-state index is 12.5. The van der Waals surface area contributed by atoms with Gasteiger partial charge in [0.1, 0.15) is 12.2 Å². The molecular weight excluding hydrogens is 683 g/mol. The number of allylic oxidation sites excluding steroid dienone is 8. The Labute approximate surface area is 340 Å². The van der Waals surface area contributed by atoms with Gasteiger partial charge in [-0.1, -0.05) is 191 Å². The summed E-state index contributed by atoms with van der Waals surface area (Å²) in [4.78, 5) is 12.5. The first-order valence-corrected chi connectivity index (χ1v) is 23.5. The van der Waals surface area contributed by atoms with Crippen LogP contribution in [0.25, 0.3) is 0 Å². The Kier molecular flexibility index (Phi) is 42.0. The van der Waals surface area contributed by atoms with E-state index < -0.39 is 36.9 Å². The molecule has 0 rings (SSSR count). The number of aliphatic hydroxyl groups excluding tert-OH is 4. The molecule has 6 nitrogen and oxygen atoms in total. The lowest BCUT2D eigenvalue weighted by molar-refractivity contribution is -0.132. The molecule has 6 heteroatoms. The minimum atomic E-state index is -1.29. The molecule has 4 atom stereocenters. The van der Waals surface area contributed by atoms with E-state index in [1.165, 1.54) is 141 Å². The Balaban J connectivity index is 3.77. The predicted molar refractivity (Wildman–Crippen MR) is 237 cm³/mol. The van der Waals surface area contributed by atoms with Crippen LogP contribution in [-0.2, 0) is 4.79 Å². The van der Waals surface area contributed by atoms with Crippen LogP contribution in [0.5, 0.6) is 0 Å². The molecule has 0 saturated carbocycles. The Bertz CT molecular complexity index is 915. The van der Waals surface area contributed by atoms with E-state index in [4.69, 9.17) is 0 Å². The molecule has 0 aliphatic carbocycles. The van der Waals surface area contributed by atoms with Gasteiger partial charge in [0, 0.05) is 0 Å². The zero-order chi connectivity index (χ0) is 40.3. The molecule has 0 spiro atoms. The molecule has 0 aliphatic rings. The van der Waals surface area contributed by atoms with Gasteiger partial charge in [0.05, 0.1) is 18.8 Å². The third kappa shape index (κ3) is 37.6. The lowest BCUT2D eigenvalue weighted by Gasteiger charge is -2.27. The van der Waals surface area contributed by atoms with Crippen LogP contribution in [0.1, 0.15) is 226 Å². The van der Waals surface area contributed by atoms with Crippen molar-refractivity contribution in [2.24, 2.45) is 0 Å². The minimum Gasteiger partial charge on any atom is -0.394 e. The van der Waals surface area contributed by atoms with Gasteiger partial charge in [-0.05, 0) is 83.5 Å². The van der Waals surface area contributed by atoms with Crippen molar-refractivity contribution < 1.29 is 25.2 Å². The normalized spacial score (nSPS) is 14.5. The van der Waals surface area contributed by atoms with E-state index in [1.54, 1.807) is 0 Å². The molecule has 55 heavy (non-hydrogen) atoms. The van der Waals surface area contributed by atoms with Crippen LogP contribution >= 0.6 is 0 Å². The van der Waals surface area contributed by atoms with E-state index in [0.717, 1.165) is 51.4 Å². The van der Waals surface area contributed by atoms with Gasteiger partial charge < -0.3 is 25.7 Å². The topological polar surface area (TPSA) is 110 Å². The van der Waals surface area contributed by atoms with Gasteiger partial charge in [0.2, 0.25) is 5.91 Å². The van der Waals surface area contributed by atoms with Crippen molar-refractivity contribution in [2.75, 3.05) is 6.61 Å². The highest BCUT2D eigenvalue weighted by molar-refractivity contribution is 5.80. The second-order valence-electron chi connectivity index (χ2n) is 16.1. The zero-order valence-electron chi connectivity index (χ0n) is 36.2. The second kappa shape index (κ2) is 43.4. The average molecular weight is 774 g/mol.